The Labute approximate surface area is 118 Å². The first-order valence-electron chi connectivity index (χ1n) is 5.70. The van der Waals surface area contributed by atoms with Gasteiger partial charge in [0.2, 0.25) is 0 Å². The van der Waals surface area contributed by atoms with Crippen LogP contribution in [0.1, 0.15) is 15.9 Å². The monoisotopic (exact) mass is 319 g/mol. The summed E-state index contributed by atoms with van der Waals surface area (Å²) in [6.45, 7) is 0.349. The van der Waals surface area contributed by atoms with E-state index in [4.69, 9.17) is 0 Å². The molecule has 1 aliphatic heterocycles. The van der Waals surface area contributed by atoms with E-state index in [9.17, 15) is 9.59 Å². The molecule has 5 nitrogen and oxygen atoms in total. The highest BCUT2D eigenvalue weighted by Gasteiger charge is 2.37. The number of fused-ring (bicyclic) bond motifs is 1. The van der Waals surface area contributed by atoms with E-state index in [1.807, 2.05) is 19.3 Å². The number of carbonyl (C=O) groups excluding carboxylic acids is 2. The van der Waals surface area contributed by atoms with Crippen molar-refractivity contribution >= 4 is 33.3 Å². The molecule has 0 unspecified atom stereocenters. The van der Waals surface area contributed by atoms with E-state index < -0.39 is 11.7 Å². The van der Waals surface area contributed by atoms with Crippen molar-refractivity contribution in [2.45, 2.75) is 6.54 Å². The van der Waals surface area contributed by atoms with Gasteiger partial charge in [-0.05, 0) is 28.1 Å². The van der Waals surface area contributed by atoms with Crippen molar-refractivity contribution in [1.29, 1.82) is 0 Å². The van der Waals surface area contributed by atoms with Crippen LogP contribution in [0.15, 0.2) is 35.1 Å². The highest BCUT2D eigenvalue weighted by molar-refractivity contribution is 9.10. The summed E-state index contributed by atoms with van der Waals surface area (Å²) < 4.78 is 2.32. The topological polar surface area (TPSA) is 55.2 Å². The minimum Gasteiger partial charge on any atom is -0.300 e. The average Bonchev–Trinajstić information content (AvgIpc) is 2.88. The highest BCUT2D eigenvalue weighted by atomic mass is 79.9. The summed E-state index contributed by atoms with van der Waals surface area (Å²) in [5, 5.41) is 4.06. The Morgan fingerprint density at radius 1 is 1.32 bits per heavy atom. The number of benzene rings is 1. The molecule has 6 heteroatoms. The summed E-state index contributed by atoms with van der Waals surface area (Å²) in [6, 6.07) is 5.35. The van der Waals surface area contributed by atoms with Crippen LogP contribution in [0.3, 0.4) is 0 Å². The van der Waals surface area contributed by atoms with Crippen LogP contribution >= 0.6 is 15.9 Å². The van der Waals surface area contributed by atoms with E-state index in [0.29, 0.717) is 22.3 Å². The summed E-state index contributed by atoms with van der Waals surface area (Å²) in [5.74, 6) is -0.961. The van der Waals surface area contributed by atoms with Crippen molar-refractivity contribution in [3.8, 4) is 0 Å². The molecular weight excluding hydrogens is 310 g/mol. The number of ketones is 1. The molecule has 2 aromatic rings. The molecule has 0 aliphatic carbocycles. The van der Waals surface area contributed by atoms with Crippen LogP contribution < -0.4 is 4.90 Å². The van der Waals surface area contributed by atoms with Gasteiger partial charge in [-0.1, -0.05) is 6.07 Å². The number of nitrogens with zero attached hydrogens (tertiary/aromatic N) is 3. The van der Waals surface area contributed by atoms with Gasteiger partial charge in [0, 0.05) is 23.3 Å². The lowest BCUT2D eigenvalue weighted by atomic mass is 10.1. The number of amides is 1. The number of hydrogen-bond donors (Lipinski definition) is 0. The normalized spacial score (nSPS) is 14.1. The van der Waals surface area contributed by atoms with E-state index in [-0.39, 0.29) is 0 Å². The highest BCUT2D eigenvalue weighted by Crippen LogP contribution is 2.35. The maximum Gasteiger partial charge on any atom is 0.299 e. The lowest BCUT2D eigenvalue weighted by Gasteiger charge is -2.15. The van der Waals surface area contributed by atoms with Gasteiger partial charge in [-0.15, -0.1) is 0 Å². The van der Waals surface area contributed by atoms with E-state index >= 15 is 0 Å². The van der Waals surface area contributed by atoms with Gasteiger partial charge in [0.15, 0.2) is 0 Å². The summed E-state index contributed by atoms with van der Waals surface area (Å²) in [5.41, 5.74) is 1.97. The first-order chi connectivity index (χ1) is 9.08. The van der Waals surface area contributed by atoms with Gasteiger partial charge in [-0.25, -0.2) is 0 Å². The molecule has 0 bridgehead atoms. The molecule has 3 rings (SSSR count). The zero-order valence-corrected chi connectivity index (χ0v) is 11.7. The molecule has 0 fully saturated rings. The average molecular weight is 320 g/mol. The largest absolute Gasteiger partial charge is 0.300 e. The number of aryl methyl sites for hydroxylation is 1. The molecular formula is C13H10BrN3O2. The molecule has 2 heterocycles. The van der Waals surface area contributed by atoms with Gasteiger partial charge in [-0.2, -0.15) is 5.10 Å². The van der Waals surface area contributed by atoms with Crippen LogP contribution in [0.2, 0.25) is 0 Å². The fraction of sp³-hybridized carbons (Fsp3) is 0.154. The Morgan fingerprint density at radius 3 is 2.79 bits per heavy atom. The second-order valence-electron chi connectivity index (χ2n) is 4.38. The summed E-state index contributed by atoms with van der Waals surface area (Å²) in [7, 11) is 1.81. The summed E-state index contributed by atoms with van der Waals surface area (Å²) in [4.78, 5) is 25.5. The second kappa shape index (κ2) is 4.31. The molecule has 1 amide bonds. The summed E-state index contributed by atoms with van der Waals surface area (Å²) >= 11 is 3.32. The van der Waals surface area contributed by atoms with Crippen LogP contribution in [0.4, 0.5) is 5.69 Å². The lowest BCUT2D eigenvalue weighted by molar-refractivity contribution is -0.114. The molecule has 0 saturated heterocycles. The smallest absolute Gasteiger partial charge is 0.299 e. The third-order valence-electron chi connectivity index (χ3n) is 3.05. The Morgan fingerprint density at radius 2 is 2.11 bits per heavy atom. The van der Waals surface area contributed by atoms with Gasteiger partial charge < -0.3 is 4.90 Å². The van der Waals surface area contributed by atoms with Gasteiger partial charge in [0.05, 0.1) is 24.0 Å². The SMILES string of the molecule is Cn1cc(CN2C(=O)C(=O)c3c(Br)cccc32)cn1. The Hall–Kier alpha value is -1.95. The van der Waals surface area contributed by atoms with Crippen LogP contribution in [-0.2, 0) is 18.4 Å². The number of Topliss-reactive ketones (excluding diaryl/α,β-unsaturated/α-hetero) is 1. The maximum absolute atomic E-state index is 12.1. The van der Waals surface area contributed by atoms with Gasteiger partial charge in [-0.3, -0.25) is 14.3 Å². The Bertz CT molecular complexity index is 693. The number of halogens is 1. The number of aromatic nitrogens is 2. The molecule has 0 saturated carbocycles. The van der Waals surface area contributed by atoms with E-state index in [1.165, 1.54) is 4.90 Å². The Balaban J connectivity index is 2.02. The third kappa shape index (κ3) is 1.88. The predicted molar refractivity (Wildman–Crippen MR) is 72.9 cm³/mol. The van der Waals surface area contributed by atoms with E-state index in [1.54, 1.807) is 23.0 Å². The van der Waals surface area contributed by atoms with Crippen LogP contribution in [0.5, 0.6) is 0 Å². The van der Waals surface area contributed by atoms with Crippen molar-refractivity contribution in [2.24, 2.45) is 7.05 Å². The standard InChI is InChI=1S/C13H10BrN3O2/c1-16-6-8(5-15-16)7-17-10-4-2-3-9(14)11(10)12(18)13(17)19/h2-6H,7H2,1H3. The number of rotatable bonds is 2. The lowest BCUT2D eigenvalue weighted by Crippen LogP contribution is -2.28. The zero-order chi connectivity index (χ0) is 13.6. The fourth-order valence-electron chi connectivity index (χ4n) is 2.19. The van der Waals surface area contributed by atoms with E-state index in [2.05, 4.69) is 21.0 Å². The van der Waals surface area contributed by atoms with Crippen LogP contribution in [-0.4, -0.2) is 21.5 Å². The molecule has 0 spiro atoms. The molecule has 96 valence electrons. The molecule has 1 aliphatic rings. The minimum absolute atomic E-state index is 0.349. The van der Waals surface area contributed by atoms with Crippen molar-refractivity contribution in [3.63, 3.8) is 0 Å². The van der Waals surface area contributed by atoms with Gasteiger partial charge in [0.1, 0.15) is 0 Å². The molecule has 0 N–H and O–H groups in total. The third-order valence-corrected chi connectivity index (χ3v) is 3.71. The predicted octanol–water partition coefficient (Wildman–Crippen LogP) is 1.91. The molecule has 0 atom stereocenters. The molecule has 19 heavy (non-hydrogen) atoms. The van der Waals surface area contributed by atoms with Crippen molar-refractivity contribution in [3.05, 3.63) is 46.2 Å². The molecule has 1 aromatic carbocycles. The van der Waals surface area contributed by atoms with Crippen molar-refractivity contribution < 1.29 is 9.59 Å². The quantitative estimate of drug-likeness (QED) is 0.794. The molecule has 1 aromatic heterocycles. The molecule has 0 radical (unpaired) electrons. The number of hydrogen-bond acceptors (Lipinski definition) is 3. The van der Waals surface area contributed by atoms with Crippen molar-refractivity contribution in [1.82, 2.24) is 9.78 Å². The number of carbonyl (C=O) groups is 2. The van der Waals surface area contributed by atoms with Crippen LogP contribution in [0.25, 0.3) is 0 Å². The first-order valence-corrected chi connectivity index (χ1v) is 6.49. The Kier molecular flexibility index (Phi) is 2.74. The number of anilines is 1. The summed E-state index contributed by atoms with van der Waals surface area (Å²) in [6.07, 6.45) is 3.52. The fourth-order valence-corrected chi connectivity index (χ4v) is 2.73. The van der Waals surface area contributed by atoms with E-state index in [0.717, 1.165) is 5.56 Å². The maximum atomic E-state index is 12.1. The zero-order valence-electron chi connectivity index (χ0n) is 10.1. The van der Waals surface area contributed by atoms with Crippen LogP contribution in [0, 0.1) is 0 Å². The second-order valence-corrected chi connectivity index (χ2v) is 5.23. The van der Waals surface area contributed by atoms with Gasteiger partial charge >= 0.3 is 0 Å². The van der Waals surface area contributed by atoms with Crippen molar-refractivity contribution in [2.75, 3.05) is 4.90 Å². The first kappa shape index (κ1) is 12.1. The van der Waals surface area contributed by atoms with Gasteiger partial charge in [0.25, 0.3) is 11.7 Å². The minimum atomic E-state index is -0.495.